The van der Waals surface area contributed by atoms with Gasteiger partial charge >= 0.3 is 0 Å². The highest BCUT2D eigenvalue weighted by atomic mass is 35.7. The van der Waals surface area contributed by atoms with E-state index in [1.54, 1.807) is 4.90 Å². The van der Waals surface area contributed by atoms with Crippen molar-refractivity contribution in [1.29, 1.82) is 0 Å². The van der Waals surface area contributed by atoms with Crippen molar-refractivity contribution in [3.05, 3.63) is 29.8 Å². The van der Waals surface area contributed by atoms with Crippen molar-refractivity contribution in [1.82, 2.24) is 4.90 Å². The van der Waals surface area contributed by atoms with Crippen molar-refractivity contribution < 1.29 is 17.9 Å². The molecule has 122 valence electrons. The zero-order chi connectivity index (χ0) is 16.3. The van der Waals surface area contributed by atoms with Crippen LogP contribution in [0.15, 0.2) is 24.3 Å². The number of hydrogen-bond donors (Lipinski definition) is 0. The maximum atomic E-state index is 12.0. The molecule has 2 atom stereocenters. The van der Waals surface area contributed by atoms with Gasteiger partial charge in [0.25, 0.3) is 0 Å². The summed E-state index contributed by atoms with van der Waals surface area (Å²) in [6, 6.07) is 7.31. The SMILES string of the molecule is CCCOc1ccc(C(C)N2CC(S(=O)(=O)Cl)CC2=O)cc1. The van der Waals surface area contributed by atoms with Gasteiger partial charge in [0.05, 0.1) is 12.6 Å². The van der Waals surface area contributed by atoms with E-state index in [1.165, 1.54) is 0 Å². The lowest BCUT2D eigenvalue weighted by molar-refractivity contribution is -0.129. The van der Waals surface area contributed by atoms with Gasteiger partial charge in [0.2, 0.25) is 15.0 Å². The lowest BCUT2D eigenvalue weighted by Crippen LogP contribution is -2.30. The molecule has 0 aromatic heterocycles. The van der Waals surface area contributed by atoms with Crippen LogP contribution in [0.1, 0.15) is 38.3 Å². The summed E-state index contributed by atoms with van der Waals surface area (Å²) in [6.45, 7) is 4.72. The Balaban J connectivity index is 2.08. The van der Waals surface area contributed by atoms with Crippen LogP contribution in [0.4, 0.5) is 0 Å². The van der Waals surface area contributed by atoms with Crippen LogP contribution in [0.25, 0.3) is 0 Å². The molecule has 1 fully saturated rings. The van der Waals surface area contributed by atoms with Crippen molar-refractivity contribution in [3.8, 4) is 5.75 Å². The van der Waals surface area contributed by atoms with Gasteiger partial charge in [-0.1, -0.05) is 19.1 Å². The molecule has 0 N–H and O–H groups in total. The molecule has 0 aliphatic carbocycles. The second-order valence-electron chi connectivity index (χ2n) is 5.44. The van der Waals surface area contributed by atoms with Gasteiger partial charge < -0.3 is 9.64 Å². The molecule has 2 unspecified atom stereocenters. The quantitative estimate of drug-likeness (QED) is 0.744. The Hall–Kier alpha value is -1.27. The van der Waals surface area contributed by atoms with E-state index in [-0.39, 0.29) is 24.9 Å². The van der Waals surface area contributed by atoms with Gasteiger partial charge in [0.1, 0.15) is 11.0 Å². The Bertz CT molecular complexity index is 629. The first kappa shape index (κ1) is 17.1. The first-order valence-corrected chi connectivity index (χ1v) is 9.66. The van der Waals surface area contributed by atoms with E-state index in [1.807, 2.05) is 38.1 Å². The van der Waals surface area contributed by atoms with Crippen LogP contribution in [0.2, 0.25) is 0 Å². The highest BCUT2D eigenvalue weighted by Crippen LogP contribution is 2.30. The van der Waals surface area contributed by atoms with Crippen LogP contribution in [-0.4, -0.2) is 37.6 Å². The number of nitrogens with zero attached hydrogens (tertiary/aromatic N) is 1. The van der Waals surface area contributed by atoms with Crippen molar-refractivity contribution >= 4 is 25.6 Å². The average Bonchev–Trinajstić information content (AvgIpc) is 2.87. The fourth-order valence-corrected chi connectivity index (χ4v) is 3.54. The first-order valence-electron chi connectivity index (χ1n) is 7.28. The normalized spacial score (nSPS) is 20.2. The second-order valence-corrected chi connectivity index (χ2v) is 8.35. The number of rotatable bonds is 6. The van der Waals surface area contributed by atoms with E-state index in [0.717, 1.165) is 17.7 Å². The van der Waals surface area contributed by atoms with Crippen LogP contribution in [-0.2, 0) is 13.8 Å². The summed E-state index contributed by atoms with van der Waals surface area (Å²) in [5, 5.41) is -0.823. The third-order valence-corrected chi connectivity index (χ3v) is 5.69. The maximum Gasteiger partial charge on any atom is 0.237 e. The number of ether oxygens (including phenoxy) is 1. The third-order valence-electron chi connectivity index (χ3n) is 3.82. The molecule has 5 nitrogen and oxygen atoms in total. The largest absolute Gasteiger partial charge is 0.494 e. The zero-order valence-electron chi connectivity index (χ0n) is 12.7. The molecule has 1 aromatic rings. The number of hydrogen-bond acceptors (Lipinski definition) is 4. The molecule has 7 heteroatoms. The smallest absolute Gasteiger partial charge is 0.237 e. The molecule has 1 amide bonds. The number of likely N-dealkylation sites (tertiary alicyclic amines) is 1. The molecule has 0 saturated carbocycles. The molecular formula is C15H20ClNO4S. The number of carbonyl (C=O) groups is 1. The van der Waals surface area contributed by atoms with Crippen LogP contribution in [0, 0.1) is 0 Å². The van der Waals surface area contributed by atoms with E-state index < -0.39 is 14.3 Å². The van der Waals surface area contributed by atoms with Gasteiger partial charge in [-0.15, -0.1) is 0 Å². The Morgan fingerprint density at radius 2 is 2.00 bits per heavy atom. The molecule has 1 aromatic carbocycles. The highest BCUT2D eigenvalue weighted by Gasteiger charge is 2.39. The van der Waals surface area contributed by atoms with Crippen molar-refractivity contribution in [2.45, 2.75) is 38.0 Å². The summed E-state index contributed by atoms with van der Waals surface area (Å²) < 4.78 is 28.3. The Morgan fingerprint density at radius 3 is 2.50 bits per heavy atom. The van der Waals surface area contributed by atoms with Gasteiger partial charge in [0, 0.05) is 23.6 Å². The van der Waals surface area contributed by atoms with Crippen LogP contribution in [0.5, 0.6) is 5.75 Å². The van der Waals surface area contributed by atoms with Crippen LogP contribution in [0.3, 0.4) is 0 Å². The number of amides is 1. The second kappa shape index (κ2) is 6.87. The number of halogens is 1. The summed E-state index contributed by atoms with van der Waals surface area (Å²) in [7, 11) is 1.66. The minimum Gasteiger partial charge on any atom is -0.494 e. The van der Waals surface area contributed by atoms with E-state index in [2.05, 4.69) is 0 Å². The first-order chi connectivity index (χ1) is 10.3. The molecule has 1 aliphatic rings. The number of benzene rings is 1. The summed E-state index contributed by atoms with van der Waals surface area (Å²) >= 11 is 0. The molecule has 0 bridgehead atoms. The van der Waals surface area contributed by atoms with E-state index in [4.69, 9.17) is 15.4 Å². The maximum absolute atomic E-state index is 12.0. The molecular weight excluding hydrogens is 326 g/mol. The zero-order valence-corrected chi connectivity index (χ0v) is 14.2. The predicted molar refractivity (Wildman–Crippen MR) is 85.5 cm³/mol. The van der Waals surface area contributed by atoms with Gasteiger partial charge in [-0.25, -0.2) is 8.42 Å². The molecule has 2 rings (SSSR count). The third kappa shape index (κ3) is 3.93. The Kier molecular flexibility index (Phi) is 5.34. The van der Waals surface area contributed by atoms with Crippen LogP contribution >= 0.6 is 10.7 Å². The standard InChI is InChI=1S/C15H20ClNO4S/c1-3-8-21-13-6-4-12(5-7-13)11(2)17-10-14(9-15(17)18)22(16,19)20/h4-7,11,14H,3,8-10H2,1-2H3. The molecule has 22 heavy (non-hydrogen) atoms. The highest BCUT2D eigenvalue weighted by molar-refractivity contribution is 8.14. The molecule has 0 spiro atoms. The summed E-state index contributed by atoms with van der Waals surface area (Å²) in [5.74, 6) is 0.597. The molecule has 1 saturated heterocycles. The average molecular weight is 346 g/mol. The van der Waals surface area contributed by atoms with Crippen molar-refractivity contribution in [2.75, 3.05) is 13.2 Å². The van der Waals surface area contributed by atoms with E-state index in [9.17, 15) is 13.2 Å². The molecule has 1 heterocycles. The summed E-state index contributed by atoms with van der Waals surface area (Å²) in [6.07, 6.45) is 0.891. The van der Waals surface area contributed by atoms with Crippen molar-refractivity contribution in [3.63, 3.8) is 0 Å². The van der Waals surface area contributed by atoms with Gasteiger partial charge in [0.15, 0.2) is 0 Å². The fraction of sp³-hybridized carbons (Fsp3) is 0.533. The minimum atomic E-state index is -3.71. The lowest BCUT2D eigenvalue weighted by atomic mass is 10.1. The monoisotopic (exact) mass is 345 g/mol. The topological polar surface area (TPSA) is 63.7 Å². The van der Waals surface area contributed by atoms with E-state index in [0.29, 0.717) is 6.61 Å². The Morgan fingerprint density at radius 1 is 1.36 bits per heavy atom. The van der Waals surface area contributed by atoms with Gasteiger partial charge in [-0.2, -0.15) is 0 Å². The summed E-state index contributed by atoms with van der Waals surface area (Å²) in [5.41, 5.74) is 0.935. The molecule has 1 aliphatic heterocycles. The van der Waals surface area contributed by atoms with E-state index >= 15 is 0 Å². The fourth-order valence-electron chi connectivity index (χ4n) is 2.50. The lowest BCUT2D eigenvalue weighted by Gasteiger charge is -2.25. The van der Waals surface area contributed by atoms with Gasteiger partial charge in [-0.3, -0.25) is 4.79 Å². The Labute approximate surface area is 135 Å². The van der Waals surface area contributed by atoms with Crippen LogP contribution < -0.4 is 4.74 Å². The predicted octanol–water partition coefficient (Wildman–Crippen LogP) is 2.71. The molecule has 0 radical (unpaired) electrons. The summed E-state index contributed by atoms with van der Waals surface area (Å²) in [4.78, 5) is 13.6. The minimum absolute atomic E-state index is 0.0477. The number of carbonyl (C=O) groups excluding carboxylic acids is 1. The van der Waals surface area contributed by atoms with Crippen molar-refractivity contribution in [2.24, 2.45) is 0 Å². The van der Waals surface area contributed by atoms with Gasteiger partial charge in [-0.05, 0) is 31.0 Å².